The smallest absolute Gasteiger partial charge is 0.328 e. The van der Waals surface area contributed by atoms with E-state index in [0.29, 0.717) is 24.8 Å². The quantitative estimate of drug-likeness (QED) is 0.329. The molecule has 3 fully saturated rings. The largest absolute Gasteiger partial charge is 0.478 e. The maximum Gasteiger partial charge on any atom is 0.328 e. The van der Waals surface area contributed by atoms with Gasteiger partial charge in [0.15, 0.2) is 6.10 Å². The van der Waals surface area contributed by atoms with Gasteiger partial charge in [0.2, 0.25) is 0 Å². The summed E-state index contributed by atoms with van der Waals surface area (Å²) in [7, 11) is 0. The Bertz CT molecular complexity index is 1170. The second-order valence-corrected chi connectivity index (χ2v) is 11.6. The third-order valence-corrected chi connectivity index (χ3v) is 8.88. The number of carboxylic acids is 2. The molecule has 1 saturated carbocycles. The van der Waals surface area contributed by atoms with E-state index < -0.39 is 11.9 Å². The van der Waals surface area contributed by atoms with Crippen molar-refractivity contribution in [3.63, 3.8) is 0 Å². The van der Waals surface area contributed by atoms with Crippen molar-refractivity contribution in [3.8, 4) is 0 Å². The Balaban J connectivity index is 0.000000426. The van der Waals surface area contributed by atoms with E-state index in [1.165, 1.54) is 25.7 Å². The highest BCUT2D eigenvalue weighted by atomic mass is 16.5. The van der Waals surface area contributed by atoms with Gasteiger partial charge in [0, 0.05) is 37.0 Å². The summed E-state index contributed by atoms with van der Waals surface area (Å²) in [5.41, 5.74) is 1.91. The van der Waals surface area contributed by atoms with E-state index in [9.17, 15) is 14.4 Å². The van der Waals surface area contributed by atoms with E-state index in [1.807, 2.05) is 36.4 Å². The van der Waals surface area contributed by atoms with Crippen LogP contribution in [0.5, 0.6) is 0 Å². The number of carbonyl (C=O) groups excluding carboxylic acids is 1. The second kappa shape index (κ2) is 13.9. The van der Waals surface area contributed by atoms with Crippen LogP contribution in [0.2, 0.25) is 0 Å². The van der Waals surface area contributed by atoms with E-state index in [0.717, 1.165) is 49.0 Å². The standard InChI is InChI=1S/C29H38N2O2.C4H4O4/c1-22(2)24-13-15-25(16-14-24)30-19-17-29(18-20-30)27(33-21-23-9-5-3-6-10-23)28(32)31(29)26-11-7-4-8-12-26;5-3(6)1-2-4(7)8/h3-12,22,24-25,27H,13-21H2,1-2H3;1-2H,(H,5,6)(H,7,8)/b;2-1+/t24-,25+,27?;. The van der Waals surface area contributed by atoms with Gasteiger partial charge < -0.3 is 24.7 Å². The number of hydrogen-bond acceptors (Lipinski definition) is 5. The van der Waals surface area contributed by atoms with Crippen LogP contribution in [0.1, 0.15) is 57.9 Å². The maximum absolute atomic E-state index is 13.3. The van der Waals surface area contributed by atoms with Gasteiger partial charge in [0.05, 0.1) is 12.1 Å². The Hall–Kier alpha value is -3.49. The summed E-state index contributed by atoms with van der Waals surface area (Å²) >= 11 is 0. The topological polar surface area (TPSA) is 107 Å². The molecule has 220 valence electrons. The van der Waals surface area contributed by atoms with Crippen molar-refractivity contribution in [1.29, 1.82) is 0 Å². The highest BCUT2D eigenvalue weighted by Gasteiger charge is 2.62. The molecule has 2 aliphatic heterocycles. The maximum atomic E-state index is 13.3. The molecule has 3 aliphatic rings. The van der Waals surface area contributed by atoms with Crippen molar-refractivity contribution < 1.29 is 29.3 Å². The van der Waals surface area contributed by atoms with Crippen LogP contribution in [0.3, 0.4) is 0 Å². The fourth-order valence-corrected chi connectivity index (χ4v) is 6.60. The van der Waals surface area contributed by atoms with E-state index >= 15 is 0 Å². The number of likely N-dealkylation sites (tertiary alicyclic amines) is 1. The first-order valence-electron chi connectivity index (χ1n) is 14.6. The first kappa shape index (κ1) is 30.5. The summed E-state index contributed by atoms with van der Waals surface area (Å²) in [5, 5.41) is 15.6. The molecule has 8 heteroatoms. The monoisotopic (exact) mass is 562 g/mol. The van der Waals surface area contributed by atoms with Gasteiger partial charge in [0.1, 0.15) is 0 Å². The van der Waals surface area contributed by atoms with Crippen LogP contribution in [0.4, 0.5) is 5.69 Å². The number of carbonyl (C=O) groups is 3. The summed E-state index contributed by atoms with van der Waals surface area (Å²) in [5.74, 6) is -0.702. The number of ether oxygens (including phenoxy) is 1. The van der Waals surface area contributed by atoms with Crippen molar-refractivity contribution >= 4 is 23.5 Å². The lowest BCUT2D eigenvalue weighted by Gasteiger charge is -2.60. The van der Waals surface area contributed by atoms with Crippen molar-refractivity contribution in [2.45, 2.75) is 76.7 Å². The average Bonchev–Trinajstić information content (AvgIpc) is 2.98. The predicted octanol–water partition coefficient (Wildman–Crippen LogP) is 5.38. The van der Waals surface area contributed by atoms with Gasteiger partial charge in [-0.2, -0.15) is 0 Å². The molecule has 1 spiro atoms. The molecule has 1 unspecified atom stereocenters. The van der Waals surface area contributed by atoms with Crippen molar-refractivity contribution in [2.24, 2.45) is 11.8 Å². The molecule has 1 amide bonds. The lowest BCUT2D eigenvalue weighted by atomic mass is 9.71. The molecule has 0 bridgehead atoms. The van der Waals surface area contributed by atoms with Crippen LogP contribution < -0.4 is 4.90 Å². The Morgan fingerprint density at radius 3 is 1.95 bits per heavy atom. The fourth-order valence-electron chi connectivity index (χ4n) is 6.60. The van der Waals surface area contributed by atoms with Crippen molar-refractivity contribution in [2.75, 3.05) is 18.0 Å². The van der Waals surface area contributed by atoms with Crippen LogP contribution in [0.15, 0.2) is 72.8 Å². The molecule has 2 aromatic carbocycles. The van der Waals surface area contributed by atoms with Gasteiger partial charge in [-0.25, -0.2) is 9.59 Å². The van der Waals surface area contributed by atoms with Crippen LogP contribution in [0, 0.1) is 11.8 Å². The normalized spacial score (nSPS) is 24.1. The summed E-state index contributed by atoms with van der Waals surface area (Å²) < 4.78 is 6.33. The first-order valence-corrected chi connectivity index (χ1v) is 14.6. The molecule has 0 aromatic heterocycles. The number of piperidine rings is 1. The molecular weight excluding hydrogens is 520 g/mol. The molecule has 2 heterocycles. The first-order chi connectivity index (χ1) is 19.7. The Kier molecular flexibility index (Phi) is 10.3. The molecule has 5 rings (SSSR count). The zero-order valence-corrected chi connectivity index (χ0v) is 24.0. The molecule has 8 nitrogen and oxygen atoms in total. The predicted molar refractivity (Wildman–Crippen MR) is 157 cm³/mol. The average molecular weight is 563 g/mol. The highest BCUT2D eigenvalue weighted by molar-refractivity contribution is 6.06. The number of rotatable bonds is 8. The third-order valence-electron chi connectivity index (χ3n) is 8.88. The van der Waals surface area contributed by atoms with Gasteiger partial charge in [-0.3, -0.25) is 4.79 Å². The minimum absolute atomic E-state index is 0.114. The molecule has 2 saturated heterocycles. The van der Waals surface area contributed by atoms with Crippen LogP contribution in [0.25, 0.3) is 0 Å². The van der Waals surface area contributed by atoms with E-state index in [1.54, 1.807) is 0 Å². The molecule has 2 aromatic rings. The second-order valence-electron chi connectivity index (χ2n) is 11.6. The van der Waals surface area contributed by atoms with Crippen LogP contribution >= 0.6 is 0 Å². The molecule has 1 aliphatic carbocycles. The van der Waals surface area contributed by atoms with Gasteiger partial charge in [-0.1, -0.05) is 62.4 Å². The summed E-state index contributed by atoms with van der Waals surface area (Å²) in [6.45, 7) is 7.34. The summed E-state index contributed by atoms with van der Waals surface area (Å²) in [4.78, 5) is 37.2. The van der Waals surface area contributed by atoms with Gasteiger partial charge in [-0.15, -0.1) is 0 Å². The molecule has 41 heavy (non-hydrogen) atoms. The third kappa shape index (κ3) is 7.43. The lowest BCUT2D eigenvalue weighted by molar-refractivity contribution is -0.157. The highest BCUT2D eigenvalue weighted by Crippen LogP contribution is 2.47. The van der Waals surface area contributed by atoms with Gasteiger partial charge in [-0.05, 0) is 68.1 Å². The Morgan fingerprint density at radius 2 is 1.44 bits per heavy atom. The van der Waals surface area contributed by atoms with Gasteiger partial charge >= 0.3 is 11.9 Å². The van der Waals surface area contributed by atoms with E-state index in [2.05, 4.69) is 47.9 Å². The summed E-state index contributed by atoms with van der Waals surface area (Å²) in [6.07, 6.45) is 8.11. The number of anilines is 1. The van der Waals surface area contributed by atoms with Crippen LogP contribution in [-0.4, -0.2) is 63.7 Å². The van der Waals surface area contributed by atoms with Gasteiger partial charge in [0.25, 0.3) is 5.91 Å². The number of para-hydroxylation sites is 1. The van der Waals surface area contributed by atoms with E-state index in [-0.39, 0.29) is 17.6 Å². The number of amides is 1. The Morgan fingerprint density at radius 1 is 0.902 bits per heavy atom. The SMILES string of the molecule is CC(C)[C@H]1CC[C@@H](N2CCC3(CC2)C(OCc2ccccc2)C(=O)N3c2ccccc2)CC1.O=C(O)/C=C/C(=O)O. The molecule has 2 N–H and O–H groups in total. The van der Waals surface area contributed by atoms with Crippen molar-refractivity contribution in [1.82, 2.24) is 4.90 Å². The molecule has 0 radical (unpaired) electrons. The minimum atomic E-state index is -1.26. The molecular formula is C33H42N2O6. The molecule has 1 atom stereocenters. The number of nitrogens with zero attached hydrogens (tertiary/aromatic N) is 2. The number of carboxylic acid groups (broad SMARTS) is 2. The number of β-lactam (4-membered cyclic amide) rings is 1. The summed E-state index contributed by atoms with van der Waals surface area (Å²) in [6, 6.07) is 21.1. The minimum Gasteiger partial charge on any atom is -0.478 e. The van der Waals surface area contributed by atoms with E-state index in [4.69, 9.17) is 14.9 Å². The zero-order valence-electron chi connectivity index (χ0n) is 24.0. The lowest BCUT2D eigenvalue weighted by Crippen LogP contribution is -2.78. The van der Waals surface area contributed by atoms with Crippen molar-refractivity contribution in [3.05, 3.63) is 78.4 Å². The number of aliphatic carboxylic acids is 2. The zero-order chi connectivity index (χ0) is 29.4. The van der Waals surface area contributed by atoms with Crippen LogP contribution in [-0.2, 0) is 25.7 Å². The number of benzene rings is 2. The number of hydrogen-bond donors (Lipinski definition) is 2. The fraction of sp³-hybridized carbons (Fsp3) is 0.485. The Labute approximate surface area is 242 Å².